The van der Waals surface area contributed by atoms with Crippen molar-refractivity contribution >= 4 is 11.9 Å². The number of quaternary nitrogens is 2. The zero-order valence-electron chi connectivity index (χ0n) is 10.7. The molecule has 0 aromatic rings. The molecule has 0 saturated heterocycles. The van der Waals surface area contributed by atoms with Gasteiger partial charge in [0.15, 0.2) is 0 Å². The van der Waals surface area contributed by atoms with E-state index < -0.39 is 11.9 Å². The smallest absolute Gasteiger partial charge is 0.0661 e. The van der Waals surface area contributed by atoms with Crippen LogP contribution in [-0.2, 0) is 9.59 Å². The number of carbonyl (C=O) groups is 2. The molecule has 0 radical (unpaired) electrons. The maximum Gasteiger partial charge on any atom is 0.0661 e. The Bertz CT molecular complexity index is 115. The van der Waals surface area contributed by atoms with Crippen molar-refractivity contribution in [1.29, 1.82) is 0 Å². The lowest BCUT2D eigenvalue weighted by Crippen LogP contribution is -3.02. The van der Waals surface area contributed by atoms with E-state index in [4.69, 9.17) is 19.8 Å². The van der Waals surface area contributed by atoms with Gasteiger partial charge >= 0.3 is 0 Å². The number of aliphatic carboxylic acids is 2. The van der Waals surface area contributed by atoms with E-state index >= 15 is 0 Å². The Morgan fingerprint density at radius 3 is 0.933 bits per heavy atom. The highest BCUT2D eigenvalue weighted by molar-refractivity contribution is 5.60. The van der Waals surface area contributed by atoms with Crippen LogP contribution in [0.2, 0.25) is 0 Å². The molecule has 0 unspecified atom stereocenters. The molecular weight excluding hydrogens is 200 g/mol. The van der Waals surface area contributed by atoms with Crippen LogP contribution in [0, 0.1) is 0 Å². The first-order valence-electron chi connectivity index (χ1n) is 4.47. The molecule has 0 spiro atoms. The Balaban J connectivity index is -0.0000000542. The van der Waals surface area contributed by atoms with Crippen LogP contribution in [-0.4, -0.2) is 47.2 Å². The summed E-state index contributed by atoms with van der Waals surface area (Å²) >= 11 is 0. The van der Waals surface area contributed by atoms with E-state index in [0.717, 1.165) is 13.8 Å². The van der Waals surface area contributed by atoms with E-state index in [1.165, 1.54) is 4.90 Å². The van der Waals surface area contributed by atoms with Crippen LogP contribution in [0.5, 0.6) is 0 Å². The van der Waals surface area contributed by atoms with Crippen LogP contribution in [0.25, 0.3) is 0 Å². The monoisotopic (exact) mass is 224 g/mol. The molecule has 0 aromatic heterocycles. The number of nitrogens with one attached hydrogen (secondary N) is 1. The summed E-state index contributed by atoms with van der Waals surface area (Å²) in [4.78, 5) is 19.2. The largest absolute Gasteiger partial charge is 0.550 e. The first-order valence-corrected chi connectivity index (χ1v) is 4.47. The van der Waals surface area contributed by atoms with Crippen LogP contribution >= 0.6 is 0 Å². The molecule has 6 nitrogen and oxygen atoms in total. The van der Waals surface area contributed by atoms with Crippen LogP contribution in [0.3, 0.4) is 0 Å². The first kappa shape index (κ1) is 23.6. The number of carboxylic acids is 2. The SMILES string of the molecule is CC(=O)[O-].CC(=O)[O-].C[NH+](C)C.C[NH2+]C. The molecule has 0 rings (SSSR count). The van der Waals surface area contributed by atoms with Crippen molar-refractivity contribution in [3.63, 3.8) is 0 Å². The normalized spacial score (nSPS) is 6.93. The molecule has 94 valence electrons. The van der Waals surface area contributed by atoms with Crippen LogP contribution in [0.4, 0.5) is 0 Å². The Morgan fingerprint density at radius 1 is 0.933 bits per heavy atom. The molecule has 0 aliphatic heterocycles. The second kappa shape index (κ2) is 23.0. The summed E-state index contributed by atoms with van der Waals surface area (Å²) < 4.78 is 0. The van der Waals surface area contributed by atoms with Crippen LogP contribution in [0.1, 0.15) is 13.8 Å². The number of rotatable bonds is 0. The fourth-order valence-electron chi connectivity index (χ4n) is 0. The lowest BCUT2D eigenvalue weighted by molar-refractivity contribution is -0.836. The van der Waals surface area contributed by atoms with E-state index in [0.29, 0.717) is 0 Å². The summed E-state index contributed by atoms with van der Waals surface area (Å²) in [5.41, 5.74) is 0. The summed E-state index contributed by atoms with van der Waals surface area (Å²) in [7, 11) is 10.2. The van der Waals surface area contributed by atoms with Crippen molar-refractivity contribution < 1.29 is 30.0 Å². The molecule has 0 fully saturated rings. The topological polar surface area (TPSA) is 101 Å². The van der Waals surface area contributed by atoms with Gasteiger partial charge in [0.2, 0.25) is 0 Å². The van der Waals surface area contributed by atoms with Gasteiger partial charge in [-0.3, -0.25) is 0 Å². The minimum Gasteiger partial charge on any atom is -0.550 e. The van der Waals surface area contributed by atoms with Crippen molar-refractivity contribution in [2.45, 2.75) is 13.8 Å². The third-order valence-corrected chi connectivity index (χ3v) is 0. The number of hydrogen-bond donors (Lipinski definition) is 2. The minimum atomic E-state index is -1.08. The highest BCUT2D eigenvalue weighted by Crippen LogP contribution is 1.31. The van der Waals surface area contributed by atoms with Gasteiger partial charge in [-0.2, -0.15) is 0 Å². The zero-order valence-corrected chi connectivity index (χ0v) is 10.7. The van der Waals surface area contributed by atoms with Crippen molar-refractivity contribution in [3.8, 4) is 0 Å². The van der Waals surface area contributed by atoms with Crippen molar-refractivity contribution in [3.05, 3.63) is 0 Å². The van der Waals surface area contributed by atoms with Crippen molar-refractivity contribution in [2.24, 2.45) is 0 Å². The fraction of sp³-hybridized carbons (Fsp3) is 0.778. The molecule has 15 heavy (non-hydrogen) atoms. The van der Waals surface area contributed by atoms with Crippen molar-refractivity contribution in [2.75, 3.05) is 35.2 Å². The van der Waals surface area contributed by atoms with Gasteiger partial charge < -0.3 is 30.0 Å². The summed E-state index contributed by atoms with van der Waals surface area (Å²) in [5, 5.41) is 19.8. The third-order valence-electron chi connectivity index (χ3n) is 0. The first-order chi connectivity index (χ1) is 6.61. The Hall–Kier alpha value is -1.14. The highest BCUT2D eigenvalue weighted by Gasteiger charge is 1.61. The Labute approximate surface area is 91.9 Å². The summed E-state index contributed by atoms with van der Waals surface area (Å²) in [6.07, 6.45) is 0. The Morgan fingerprint density at radius 2 is 0.933 bits per heavy atom. The molecular formula is C9H24N2O4. The highest BCUT2D eigenvalue weighted by atomic mass is 16.4. The average Bonchev–Trinajstić information content (AvgIpc) is 1.81. The molecule has 3 N–H and O–H groups in total. The van der Waals surface area contributed by atoms with Crippen LogP contribution < -0.4 is 20.4 Å². The molecule has 0 saturated carbocycles. The lowest BCUT2D eigenvalue weighted by atomic mass is 10.9. The molecule has 0 atom stereocenters. The third kappa shape index (κ3) is 1170. The van der Waals surface area contributed by atoms with Crippen LogP contribution in [0.15, 0.2) is 0 Å². The second-order valence-electron chi connectivity index (χ2n) is 3.06. The average molecular weight is 224 g/mol. The number of hydrogen-bond acceptors (Lipinski definition) is 4. The van der Waals surface area contributed by atoms with Gasteiger partial charge in [0.05, 0.1) is 35.2 Å². The molecule has 6 heteroatoms. The van der Waals surface area contributed by atoms with Gasteiger partial charge in [0.1, 0.15) is 0 Å². The van der Waals surface area contributed by atoms with E-state index in [9.17, 15) is 0 Å². The zero-order chi connectivity index (χ0) is 13.4. The second-order valence-corrected chi connectivity index (χ2v) is 3.06. The van der Waals surface area contributed by atoms with Crippen molar-refractivity contribution in [1.82, 2.24) is 0 Å². The van der Waals surface area contributed by atoms with Gasteiger partial charge in [0.25, 0.3) is 0 Å². The van der Waals surface area contributed by atoms with Gasteiger partial charge in [-0.15, -0.1) is 0 Å². The summed E-state index contributed by atoms with van der Waals surface area (Å²) in [6.45, 7) is 1.94. The standard InChI is InChI=1S/C3H9N.C2H7N.2C2H4O2/c1-4(2)3;1-3-2;2*1-2(3)4/h1-3H3;3H,1-2H3;2*1H3,(H,3,4). The van der Waals surface area contributed by atoms with E-state index in [1.54, 1.807) is 0 Å². The molecule has 0 aliphatic rings. The van der Waals surface area contributed by atoms with Gasteiger partial charge in [-0.25, -0.2) is 0 Å². The lowest BCUT2D eigenvalue weighted by Gasteiger charge is -1.88. The molecule has 0 bridgehead atoms. The van der Waals surface area contributed by atoms with Gasteiger partial charge in [-0.1, -0.05) is 0 Å². The predicted molar refractivity (Wildman–Crippen MR) is 53.9 cm³/mol. The maximum absolute atomic E-state index is 8.89. The maximum atomic E-state index is 8.89. The van der Waals surface area contributed by atoms with E-state index in [2.05, 4.69) is 21.1 Å². The van der Waals surface area contributed by atoms with Gasteiger partial charge in [0, 0.05) is 11.9 Å². The number of carbonyl (C=O) groups excluding carboxylic acids is 2. The summed E-state index contributed by atoms with van der Waals surface area (Å²) in [5.74, 6) is -2.17. The molecule has 0 heterocycles. The van der Waals surface area contributed by atoms with E-state index in [-0.39, 0.29) is 0 Å². The molecule has 0 aliphatic carbocycles. The van der Waals surface area contributed by atoms with E-state index in [1.807, 2.05) is 19.4 Å². The molecule has 0 amide bonds. The summed E-state index contributed by atoms with van der Waals surface area (Å²) in [6, 6.07) is 0. The number of nitrogens with two attached hydrogens (primary N) is 1. The fourth-order valence-corrected chi connectivity index (χ4v) is 0. The predicted octanol–water partition coefficient (Wildman–Crippen LogP) is -4.92. The number of carboxylic acid groups (broad SMARTS) is 2. The van der Waals surface area contributed by atoms with Gasteiger partial charge in [-0.05, 0) is 13.8 Å². The minimum absolute atomic E-state index is 0.972. The Kier molecular flexibility index (Phi) is 36.2. The quantitative estimate of drug-likeness (QED) is 0.430. The molecule has 0 aromatic carbocycles.